The van der Waals surface area contributed by atoms with Crippen molar-refractivity contribution >= 4 is 104 Å². The van der Waals surface area contributed by atoms with Gasteiger partial charge in [-0.3, -0.25) is 0 Å². The Morgan fingerprint density at radius 2 is 0.584 bits per heavy atom. The zero-order chi connectivity index (χ0) is 59.9. The van der Waals surface area contributed by atoms with Crippen LogP contribution in [0.2, 0.25) is 0 Å². The van der Waals surface area contributed by atoms with Crippen LogP contribution in [0.3, 0.4) is 0 Å². The van der Waals surface area contributed by atoms with Crippen molar-refractivity contribution in [2.45, 2.75) is 77.4 Å². The predicted molar refractivity (Wildman–Crippen MR) is 376 cm³/mol. The van der Waals surface area contributed by atoms with Gasteiger partial charge in [-0.25, -0.2) is 0 Å². The van der Waals surface area contributed by atoms with E-state index in [1.54, 1.807) is 0 Å². The van der Waals surface area contributed by atoms with Gasteiger partial charge in [0.25, 0.3) is 0 Å². The van der Waals surface area contributed by atoms with E-state index in [9.17, 15) is 0 Å². The van der Waals surface area contributed by atoms with Crippen LogP contribution >= 0.6 is 23.5 Å². The number of benzene rings is 12. The maximum absolute atomic E-state index is 2.56. The first kappa shape index (κ1) is 53.5. The highest BCUT2D eigenvalue weighted by Crippen LogP contribution is 2.60. The van der Waals surface area contributed by atoms with Crippen LogP contribution in [0.1, 0.15) is 86.1 Å². The minimum absolute atomic E-state index is 0.241. The summed E-state index contributed by atoms with van der Waals surface area (Å²) in [6.45, 7) is 14.6. The molecule has 17 rings (SSSR count). The van der Waals surface area contributed by atoms with E-state index in [-0.39, 0.29) is 16.2 Å². The summed E-state index contributed by atoms with van der Waals surface area (Å²) in [6.07, 6.45) is 4.82. The highest BCUT2D eigenvalue weighted by molar-refractivity contribution is 8.00. The number of para-hydroxylation sites is 6. The third kappa shape index (κ3) is 8.37. The quantitative estimate of drug-likeness (QED) is 0.149. The van der Waals surface area contributed by atoms with Crippen LogP contribution in [-0.2, 0) is 16.2 Å². The Labute approximate surface area is 531 Å². The van der Waals surface area contributed by atoms with Crippen molar-refractivity contribution in [2.75, 3.05) is 19.6 Å². The second kappa shape index (κ2) is 20.2. The fourth-order valence-corrected chi connectivity index (χ4v) is 17.2. The molecule has 12 aromatic rings. The topological polar surface area (TPSA) is 13.0 Å². The lowest BCUT2D eigenvalue weighted by Gasteiger charge is -2.35. The highest BCUT2D eigenvalue weighted by atomic mass is 32.2. The van der Waals surface area contributed by atoms with Crippen molar-refractivity contribution in [3.8, 4) is 22.3 Å². The molecule has 0 saturated heterocycles. The van der Waals surface area contributed by atoms with Crippen LogP contribution in [0.25, 0.3) is 34.4 Å². The molecule has 0 unspecified atom stereocenters. The first-order valence-corrected chi connectivity index (χ1v) is 32.6. The molecule has 0 aromatic heterocycles. The van der Waals surface area contributed by atoms with Crippen molar-refractivity contribution < 1.29 is 0 Å². The summed E-state index contributed by atoms with van der Waals surface area (Å²) in [5, 5.41) is 0. The average Bonchev–Trinajstić information content (AvgIpc) is 1.72. The lowest BCUT2D eigenvalue weighted by molar-refractivity contribution is 0.631. The molecule has 5 aliphatic rings. The number of hydrogen-bond acceptors (Lipinski definition) is 6. The van der Waals surface area contributed by atoms with Gasteiger partial charge in [0.05, 0.1) is 22.7 Å². The van der Waals surface area contributed by atoms with E-state index in [4.69, 9.17) is 0 Å². The van der Waals surface area contributed by atoms with Crippen molar-refractivity contribution in [1.82, 2.24) is 0 Å². The summed E-state index contributed by atoms with van der Waals surface area (Å²) in [6, 6.07) is 99.2. The number of anilines is 12. The molecule has 2 heterocycles. The van der Waals surface area contributed by atoms with Gasteiger partial charge >= 0.3 is 0 Å². The molecular formula is C83H64N4S2. The van der Waals surface area contributed by atoms with Gasteiger partial charge in [-0.05, 0) is 224 Å². The van der Waals surface area contributed by atoms with Gasteiger partial charge in [-0.2, -0.15) is 0 Å². The molecule has 2 aliphatic heterocycles. The summed E-state index contributed by atoms with van der Waals surface area (Å²) >= 11 is 3.71. The predicted octanol–water partition coefficient (Wildman–Crippen LogP) is 23.9. The van der Waals surface area contributed by atoms with Crippen LogP contribution in [0.15, 0.2) is 287 Å². The molecule has 12 aromatic carbocycles. The Morgan fingerprint density at radius 1 is 0.258 bits per heavy atom. The van der Waals surface area contributed by atoms with E-state index in [0.29, 0.717) is 0 Å². The van der Waals surface area contributed by atoms with Gasteiger partial charge in [0.15, 0.2) is 0 Å². The molecule has 0 bridgehead atoms. The number of rotatable bonds is 8. The van der Waals surface area contributed by atoms with Crippen LogP contribution < -0.4 is 19.6 Å². The molecular weight excluding hydrogens is 1120 g/mol. The van der Waals surface area contributed by atoms with Crippen LogP contribution in [0.5, 0.6) is 0 Å². The smallest absolute Gasteiger partial charge is 0.0603 e. The standard InChI is InChI=1S/C83H64N4S2/c1-81(2)67-51-65-63-41-37-59(86-73-31-19-21-33-77(73)88-79-49-61(39-43-75(79)86)84(55-23-11-7-12-24-55)56-25-13-8-14-26-56)47-71(63)82(3,4)69(65)45-53(67)35-36-54-46-70-66(52-68(54)81)64-42-38-60(48-72(64)83(70,5)6)87-74-32-20-22-34-78(74)89-80-50-62(40-44-76(80)87)85(57-27-15-9-16-28-57)58-29-17-10-18-30-58/h7-52H,1-6H3. The molecule has 0 N–H and O–H groups in total. The van der Waals surface area contributed by atoms with Gasteiger partial charge in [0.2, 0.25) is 0 Å². The molecule has 0 fully saturated rings. The second-order valence-corrected chi connectivity index (χ2v) is 27.9. The van der Waals surface area contributed by atoms with Crippen LogP contribution in [0.4, 0.5) is 68.2 Å². The van der Waals surface area contributed by atoms with Gasteiger partial charge in [-0.1, -0.05) is 186 Å². The molecule has 4 nitrogen and oxygen atoms in total. The summed E-state index contributed by atoms with van der Waals surface area (Å²) in [5.41, 5.74) is 29.2. The maximum Gasteiger partial charge on any atom is 0.0603 e. The average molecular weight is 1180 g/mol. The zero-order valence-corrected chi connectivity index (χ0v) is 52.3. The van der Waals surface area contributed by atoms with Gasteiger partial charge in [0, 0.05) is 81.3 Å². The zero-order valence-electron chi connectivity index (χ0n) is 50.7. The molecule has 0 amide bonds. The summed E-state index contributed by atoms with van der Waals surface area (Å²) < 4.78 is 0. The Morgan fingerprint density at radius 3 is 0.966 bits per heavy atom. The van der Waals surface area contributed by atoms with Crippen LogP contribution in [0, 0.1) is 0 Å². The minimum Gasteiger partial charge on any atom is -0.310 e. The van der Waals surface area contributed by atoms with Crippen molar-refractivity contribution in [1.29, 1.82) is 0 Å². The summed E-state index contributed by atoms with van der Waals surface area (Å²) in [5.74, 6) is 0. The first-order chi connectivity index (χ1) is 43.4. The lowest BCUT2D eigenvalue weighted by atomic mass is 9.72. The molecule has 0 atom stereocenters. The maximum atomic E-state index is 2.56. The fraction of sp³-hybridized carbons (Fsp3) is 0.108. The molecule has 89 heavy (non-hydrogen) atoms. The summed E-state index contributed by atoms with van der Waals surface area (Å²) in [7, 11) is 0. The molecule has 0 spiro atoms. The van der Waals surface area contributed by atoms with Crippen molar-refractivity contribution in [2.24, 2.45) is 0 Å². The largest absolute Gasteiger partial charge is 0.310 e. The second-order valence-electron chi connectivity index (χ2n) is 25.8. The lowest BCUT2D eigenvalue weighted by Crippen LogP contribution is -2.23. The first-order valence-electron chi connectivity index (χ1n) is 31.0. The Kier molecular flexibility index (Phi) is 12.1. The number of fused-ring (bicyclic) bond motifs is 12. The normalized spacial score (nSPS) is 15.2. The van der Waals surface area contributed by atoms with Gasteiger partial charge < -0.3 is 19.6 Å². The van der Waals surface area contributed by atoms with E-state index in [1.807, 2.05) is 23.5 Å². The molecule has 6 heteroatoms. The molecule has 0 saturated carbocycles. The van der Waals surface area contributed by atoms with Gasteiger partial charge in [0.1, 0.15) is 0 Å². The summed E-state index contributed by atoms with van der Waals surface area (Å²) in [4.78, 5) is 14.6. The minimum atomic E-state index is -0.305. The third-order valence-corrected chi connectivity index (χ3v) is 21.8. The number of nitrogens with zero attached hydrogens (tertiary/aromatic N) is 4. The van der Waals surface area contributed by atoms with E-state index < -0.39 is 0 Å². The van der Waals surface area contributed by atoms with Crippen molar-refractivity contribution in [3.05, 3.63) is 311 Å². The van der Waals surface area contributed by atoms with E-state index >= 15 is 0 Å². The molecule has 3 aliphatic carbocycles. The Balaban J connectivity index is 0.718. The third-order valence-electron chi connectivity index (χ3n) is 19.6. The molecule has 428 valence electrons. The Hall–Kier alpha value is -9.72. The van der Waals surface area contributed by atoms with E-state index in [0.717, 1.165) is 34.1 Å². The SMILES string of the molecule is CC1(C)c2cc3c(cc2C=Cc2cc4c(cc21)-c1ccc(N2c5ccccc5Sc5cc(N(c6ccccc6)c6ccccc6)ccc52)cc1C4(C)C)C(C)(C)c1cc(N2c4ccccc4Sc4cc(N(c5ccccc5)c5ccccc5)ccc42)ccc1-3. The van der Waals surface area contributed by atoms with Crippen LogP contribution in [-0.4, -0.2) is 0 Å². The van der Waals surface area contributed by atoms with Gasteiger partial charge in [-0.15, -0.1) is 0 Å². The van der Waals surface area contributed by atoms with Crippen molar-refractivity contribution in [3.63, 3.8) is 0 Å². The monoisotopic (exact) mass is 1180 g/mol. The van der Waals surface area contributed by atoms with E-state index in [2.05, 4.69) is 340 Å². The number of hydrogen-bond donors (Lipinski definition) is 0. The molecule has 0 radical (unpaired) electrons. The Bertz CT molecular complexity index is 4510. The van der Waals surface area contributed by atoms with E-state index in [1.165, 1.54) is 120 Å². The fourth-order valence-electron chi connectivity index (χ4n) is 15.1. The highest BCUT2D eigenvalue weighted by Gasteiger charge is 2.43.